The molecule has 0 unspecified atom stereocenters. The molecule has 3 N–H and O–H groups in total. The number of hydrogen-bond donors (Lipinski definition) is 2. The van der Waals surface area contributed by atoms with Gasteiger partial charge in [-0.05, 0) is 26.3 Å². The van der Waals surface area contributed by atoms with E-state index >= 15 is 0 Å². The summed E-state index contributed by atoms with van der Waals surface area (Å²) in [5.41, 5.74) is 5.52. The summed E-state index contributed by atoms with van der Waals surface area (Å²) >= 11 is 0. The molecule has 0 aromatic carbocycles. The van der Waals surface area contributed by atoms with E-state index in [9.17, 15) is 4.79 Å². The molecule has 1 rings (SSSR count). The molecule has 0 atom stereocenters. The summed E-state index contributed by atoms with van der Waals surface area (Å²) in [5, 5.41) is 6.88. The summed E-state index contributed by atoms with van der Waals surface area (Å²) in [5.74, 6) is 0.0469. The Labute approximate surface area is 96.0 Å². The summed E-state index contributed by atoms with van der Waals surface area (Å²) in [4.78, 5) is 11.4. The van der Waals surface area contributed by atoms with Crippen LogP contribution in [-0.4, -0.2) is 27.8 Å². The number of carbonyl (C=O) groups excluding carboxylic acids is 1. The first-order valence-corrected chi connectivity index (χ1v) is 5.50. The first-order chi connectivity index (χ1) is 7.47. The second-order valence-electron chi connectivity index (χ2n) is 4.61. The van der Waals surface area contributed by atoms with Crippen LogP contribution in [0.1, 0.15) is 26.7 Å². The Hall–Kier alpha value is -1.36. The Kier molecular flexibility index (Phi) is 4.49. The first kappa shape index (κ1) is 12.7. The molecular formula is C11H20N4O. The number of nitrogens with one attached hydrogen (secondary N) is 1. The van der Waals surface area contributed by atoms with Crippen LogP contribution < -0.4 is 11.1 Å². The lowest BCUT2D eigenvalue weighted by molar-refractivity contribution is -0.121. The summed E-state index contributed by atoms with van der Waals surface area (Å²) in [7, 11) is 0. The van der Waals surface area contributed by atoms with Gasteiger partial charge in [0.05, 0.1) is 6.54 Å². The summed E-state index contributed by atoms with van der Waals surface area (Å²) in [6.07, 6.45) is 4.76. The van der Waals surface area contributed by atoms with E-state index < -0.39 is 0 Å². The third kappa shape index (κ3) is 5.50. The zero-order valence-corrected chi connectivity index (χ0v) is 9.94. The standard InChI is InChI=1S/C11H20N4O/c1-11(2,12)5-4-10(16)13-7-9-15-8-3-6-14-15/h3,6,8H,4-5,7,9,12H2,1-2H3,(H,13,16). The molecule has 0 aliphatic carbocycles. The van der Waals surface area contributed by atoms with Crippen molar-refractivity contribution in [3.8, 4) is 0 Å². The van der Waals surface area contributed by atoms with E-state index in [0.717, 1.165) is 0 Å². The monoisotopic (exact) mass is 224 g/mol. The minimum atomic E-state index is -0.278. The fourth-order valence-corrected chi connectivity index (χ4v) is 1.27. The number of nitrogens with two attached hydrogens (primary N) is 1. The van der Waals surface area contributed by atoms with Crippen molar-refractivity contribution < 1.29 is 4.79 Å². The third-order valence-electron chi connectivity index (χ3n) is 2.22. The van der Waals surface area contributed by atoms with Crippen LogP contribution in [0, 0.1) is 0 Å². The molecule has 1 aromatic rings. The Morgan fingerprint density at radius 3 is 2.88 bits per heavy atom. The number of carbonyl (C=O) groups is 1. The van der Waals surface area contributed by atoms with Gasteiger partial charge in [0.2, 0.25) is 5.91 Å². The van der Waals surface area contributed by atoms with Crippen LogP contribution >= 0.6 is 0 Å². The maximum Gasteiger partial charge on any atom is 0.220 e. The van der Waals surface area contributed by atoms with Gasteiger partial charge in [-0.1, -0.05) is 0 Å². The molecule has 0 spiro atoms. The smallest absolute Gasteiger partial charge is 0.220 e. The highest BCUT2D eigenvalue weighted by molar-refractivity contribution is 5.75. The lowest BCUT2D eigenvalue weighted by Gasteiger charge is -2.17. The molecule has 0 radical (unpaired) electrons. The summed E-state index contributed by atoms with van der Waals surface area (Å²) < 4.78 is 1.78. The van der Waals surface area contributed by atoms with Gasteiger partial charge in [0.1, 0.15) is 0 Å². The molecular weight excluding hydrogens is 204 g/mol. The van der Waals surface area contributed by atoms with E-state index in [0.29, 0.717) is 25.9 Å². The Morgan fingerprint density at radius 2 is 2.31 bits per heavy atom. The molecule has 1 aromatic heterocycles. The van der Waals surface area contributed by atoms with Crippen molar-refractivity contribution in [1.82, 2.24) is 15.1 Å². The topological polar surface area (TPSA) is 72.9 Å². The van der Waals surface area contributed by atoms with E-state index in [1.165, 1.54) is 0 Å². The minimum Gasteiger partial charge on any atom is -0.354 e. The average Bonchev–Trinajstić information content (AvgIpc) is 2.66. The predicted octanol–water partition coefficient (Wildman–Crippen LogP) is 0.517. The zero-order valence-electron chi connectivity index (χ0n) is 9.94. The van der Waals surface area contributed by atoms with Crippen molar-refractivity contribution in [3.63, 3.8) is 0 Å². The number of amides is 1. The summed E-state index contributed by atoms with van der Waals surface area (Å²) in [6.45, 7) is 5.14. The largest absolute Gasteiger partial charge is 0.354 e. The fraction of sp³-hybridized carbons (Fsp3) is 0.636. The molecule has 1 heterocycles. The second kappa shape index (κ2) is 5.65. The Bertz CT molecular complexity index is 313. The van der Waals surface area contributed by atoms with E-state index in [2.05, 4.69) is 10.4 Å². The summed E-state index contributed by atoms with van der Waals surface area (Å²) in [6, 6.07) is 1.86. The number of aromatic nitrogens is 2. The van der Waals surface area contributed by atoms with E-state index in [4.69, 9.17) is 5.73 Å². The van der Waals surface area contributed by atoms with E-state index in [-0.39, 0.29) is 11.4 Å². The van der Waals surface area contributed by atoms with Crippen LogP contribution in [0.2, 0.25) is 0 Å². The van der Waals surface area contributed by atoms with Crippen LogP contribution in [0.25, 0.3) is 0 Å². The zero-order chi connectivity index (χ0) is 12.0. The molecule has 16 heavy (non-hydrogen) atoms. The van der Waals surface area contributed by atoms with Gasteiger partial charge in [0.15, 0.2) is 0 Å². The van der Waals surface area contributed by atoms with Crippen LogP contribution in [0.5, 0.6) is 0 Å². The SMILES string of the molecule is CC(C)(N)CCC(=O)NCCn1cccn1. The molecule has 0 aliphatic heterocycles. The lowest BCUT2D eigenvalue weighted by atomic mass is 10.00. The molecule has 0 saturated heterocycles. The number of rotatable bonds is 6. The first-order valence-electron chi connectivity index (χ1n) is 5.50. The van der Waals surface area contributed by atoms with Gasteiger partial charge in [-0.3, -0.25) is 9.48 Å². The highest BCUT2D eigenvalue weighted by Gasteiger charge is 2.12. The molecule has 5 heteroatoms. The minimum absolute atomic E-state index is 0.0469. The lowest BCUT2D eigenvalue weighted by Crippen LogP contribution is -2.35. The number of nitrogens with zero attached hydrogens (tertiary/aromatic N) is 2. The van der Waals surface area contributed by atoms with Gasteiger partial charge in [-0.2, -0.15) is 5.10 Å². The molecule has 90 valence electrons. The Morgan fingerprint density at radius 1 is 1.56 bits per heavy atom. The van der Waals surface area contributed by atoms with Crippen molar-refractivity contribution >= 4 is 5.91 Å². The van der Waals surface area contributed by atoms with Gasteiger partial charge in [-0.25, -0.2) is 0 Å². The van der Waals surface area contributed by atoms with Crippen molar-refractivity contribution in [3.05, 3.63) is 18.5 Å². The molecule has 1 amide bonds. The van der Waals surface area contributed by atoms with E-state index in [1.807, 2.05) is 26.1 Å². The maximum absolute atomic E-state index is 11.4. The fourth-order valence-electron chi connectivity index (χ4n) is 1.27. The highest BCUT2D eigenvalue weighted by Crippen LogP contribution is 2.06. The van der Waals surface area contributed by atoms with Crippen LogP contribution in [0.15, 0.2) is 18.5 Å². The van der Waals surface area contributed by atoms with Crippen molar-refractivity contribution in [2.45, 2.75) is 38.8 Å². The average molecular weight is 224 g/mol. The molecule has 0 aliphatic rings. The van der Waals surface area contributed by atoms with E-state index in [1.54, 1.807) is 10.9 Å². The van der Waals surface area contributed by atoms with Crippen LogP contribution in [-0.2, 0) is 11.3 Å². The van der Waals surface area contributed by atoms with Gasteiger partial charge in [0.25, 0.3) is 0 Å². The van der Waals surface area contributed by atoms with Gasteiger partial charge >= 0.3 is 0 Å². The Balaban J connectivity index is 2.11. The quantitative estimate of drug-likeness (QED) is 0.739. The predicted molar refractivity (Wildman–Crippen MR) is 62.7 cm³/mol. The number of hydrogen-bond acceptors (Lipinski definition) is 3. The normalized spacial score (nSPS) is 11.4. The van der Waals surface area contributed by atoms with Gasteiger partial charge in [-0.15, -0.1) is 0 Å². The van der Waals surface area contributed by atoms with Crippen LogP contribution in [0.4, 0.5) is 0 Å². The van der Waals surface area contributed by atoms with Crippen molar-refractivity contribution in [2.75, 3.05) is 6.54 Å². The molecule has 0 bridgehead atoms. The molecule has 0 saturated carbocycles. The molecule has 0 fully saturated rings. The van der Waals surface area contributed by atoms with Gasteiger partial charge < -0.3 is 11.1 Å². The highest BCUT2D eigenvalue weighted by atomic mass is 16.1. The van der Waals surface area contributed by atoms with Gasteiger partial charge in [0, 0.05) is 30.9 Å². The molecule has 5 nitrogen and oxygen atoms in total. The second-order valence-corrected chi connectivity index (χ2v) is 4.61. The third-order valence-corrected chi connectivity index (χ3v) is 2.22. The maximum atomic E-state index is 11.4. The van der Waals surface area contributed by atoms with Crippen molar-refractivity contribution in [1.29, 1.82) is 0 Å². The van der Waals surface area contributed by atoms with Crippen molar-refractivity contribution in [2.24, 2.45) is 5.73 Å². The van der Waals surface area contributed by atoms with Crippen LogP contribution in [0.3, 0.4) is 0 Å².